The topological polar surface area (TPSA) is 49.3 Å². The fraction of sp³-hybridized carbons (Fsp3) is 0.182. The molecule has 3 nitrogen and oxygen atoms in total. The van der Waals surface area contributed by atoms with Crippen LogP contribution >= 0.6 is 0 Å². The van der Waals surface area contributed by atoms with Gasteiger partial charge in [-0.2, -0.15) is 22.0 Å². The predicted octanol–water partition coefficient (Wildman–Crippen LogP) is 3.26. The van der Waals surface area contributed by atoms with Crippen molar-refractivity contribution in [2.45, 2.75) is 12.1 Å². The maximum atomic E-state index is 12.6. The Morgan fingerprint density at radius 3 is 2.11 bits per heavy atom. The molecule has 1 aromatic carbocycles. The number of aliphatic hydroxyl groups is 1. The van der Waals surface area contributed by atoms with E-state index in [0.29, 0.717) is 0 Å². The Morgan fingerprint density at radius 2 is 1.63 bits per heavy atom. The first kappa shape index (κ1) is 14.9. The number of rotatable bonds is 3. The number of benzene rings is 1. The largest absolute Gasteiger partial charge is 0.506 e. The Morgan fingerprint density at radius 1 is 1.11 bits per heavy atom. The van der Waals surface area contributed by atoms with E-state index in [2.05, 4.69) is 0 Å². The molecule has 1 aromatic rings. The Kier molecular flexibility index (Phi) is 4.13. The highest BCUT2D eigenvalue weighted by Gasteiger charge is 2.61. The van der Waals surface area contributed by atoms with Gasteiger partial charge in [0.05, 0.1) is 0 Å². The summed E-state index contributed by atoms with van der Waals surface area (Å²) in [6, 6.07) is 7.43. The highest BCUT2D eigenvalue weighted by Crippen LogP contribution is 2.39. The number of hydrogen-bond acceptors (Lipinski definition) is 2. The number of carbonyl (C=O) groups excluding carboxylic acids is 1. The lowest BCUT2D eigenvalue weighted by Crippen LogP contribution is -2.38. The molecule has 0 aliphatic heterocycles. The van der Waals surface area contributed by atoms with Crippen LogP contribution in [0.25, 0.3) is 0 Å². The second-order valence-electron chi connectivity index (χ2n) is 3.46. The van der Waals surface area contributed by atoms with Crippen LogP contribution in [0, 0.1) is 0 Å². The van der Waals surface area contributed by atoms with Crippen LogP contribution in [0.15, 0.2) is 42.2 Å². The maximum Gasteiger partial charge on any atom is 0.461 e. The highest BCUT2D eigenvalue weighted by molar-refractivity contribution is 5.99. The van der Waals surface area contributed by atoms with Gasteiger partial charge in [-0.05, 0) is 12.1 Å². The number of para-hydroxylation sites is 1. The normalized spacial score (nSPS) is 13.2. The van der Waals surface area contributed by atoms with Crippen LogP contribution in [0.5, 0.6) is 0 Å². The number of allylic oxidation sites excluding steroid dienone is 1. The zero-order chi connectivity index (χ0) is 14.7. The van der Waals surface area contributed by atoms with Crippen LogP contribution in [0.3, 0.4) is 0 Å². The molecular formula is C11H8F5NO2. The molecule has 0 aliphatic rings. The minimum atomic E-state index is -5.97. The molecule has 2 N–H and O–H groups in total. The summed E-state index contributed by atoms with van der Waals surface area (Å²) >= 11 is 0. The average Bonchev–Trinajstić information content (AvgIpc) is 2.28. The molecular weight excluding hydrogens is 273 g/mol. The van der Waals surface area contributed by atoms with E-state index in [4.69, 9.17) is 5.11 Å². The Bertz CT molecular complexity index is 482. The summed E-state index contributed by atoms with van der Waals surface area (Å²) in [5.41, 5.74) is 0.187. The molecule has 0 saturated carbocycles. The van der Waals surface area contributed by atoms with Gasteiger partial charge in [-0.15, -0.1) is 0 Å². The summed E-state index contributed by atoms with van der Waals surface area (Å²) in [5, 5.41) is 10.7. The number of carbonyl (C=O) groups is 1. The number of aliphatic hydroxyl groups excluding tert-OH is 1. The number of halogens is 5. The third kappa shape index (κ3) is 3.67. The number of nitrogens with one attached hydrogen (secondary N) is 1. The standard InChI is InChI=1S/C11H8F5NO2/c12-10(13,11(14,15)16)8(18)6-9(19)17-7-4-2-1-3-5-7/h1-6,18H,(H,17,19)/b8-6-. The van der Waals surface area contributed by atoms with Gasteiger partial charge in [0.15, 0.2) is 5.76 Å². The average molecular weight is 281 g/mol. The Balaban J connectivity index is 2.83. The van der Waals surface area contributed by atoms with Gasteiger partial charge in [0, 0.05) is 11.8 Å². The molecule has 0 atom stereocenters. The van der Waals surface area contributed by atoms with Crippen LogP contribution in [-0.4, -0.2) is 23.1 Å². The zero-order valence-corrected chi connectivity index (χ0v) is 9.21. The fourth-order valence-electron chi connectivity index (χ4n) is 1.06. The summed E-state index contributed by atoms with van der Waals surface area (Å²) in [6.45, 7) is 0. The predicted molar refractivity (Wildman–Crippen MR) is 56.8 cm³/mol. The van der Waals surface area contributed by atoms with Gasteiger partial charge in [-0.25, -0.2) is 0 Å². The minimum absolute atomic E-state index is 0.187. The molecule has 0 unspecified atom stereocenters. The summed E-state index contributed by atoms with van der Waals surface area (Å²) in [5.74, 6) is -9.14. The highest BCUT2D eigenvalue weighted by atomic mass is 19.4. The van der Waals surface area contributed by atoms with Crippen LogP contribution in [0.2, 0.25) is 0 Å². The van der Waals surface area contributed by atoms with Crippen molar-refractivity contribution in [3.05, 3.63) is 42.2 Å². The van der Waals surface area contributed by atoms with E-state index >= 15 is 0 Å². The quantitative estimate of drug-likeness (QED) is 0.507. The number of hydrogen-bond donors (Lipinski definition) is 2. The molecule has 0 aliphatic carbocycles. The van der Waals surface area contributed by atoms with Gasteiger partial charge in [-0.3, -0.25) is 4.79 Å². The van der Waals surface area contributed by atoms with E-state index < -0.39 is 23.8 Å². The van der Waals surface area contributed by atoms with E-state index in [-0.39, 0.29) is 11.8 Å². The van der Waals surface area contributed by atoms with Gasteiger partial charge >= 0.3 is 12.1 Å². The van der Waals surface area contributed by atoms with Gasteiger partial charge in [0.1, 0.15) is 0 Å². The molecule has 0 radical (unpaired) electrons. The fourth-order valence-corrected chi connectivity index (χ4v) is 1.06. The molecule has 19 heavy (non-hydrogen) atoms. The van der Waals surface area contributed by atoms with Crippen molar-refractivity contribution in [3.8, 4) is 0 Å². The second kappa shape index (κ2) is 5.25. The third-order valence-corrected chi connectivity index (χ3v) is 1.99. The first-order valence-electron chi connectivity index (χ1n) is 4.86. The summed E-state index contributed by atoms with van der Waals surface area (Å²) < 4.78 is 60.8. The molecule has 0 spiro atoms. The minimum Gasteiger partial charge on any atom is -0.506 e. The SMILES string of the molecule is O=C(/C=C(\O)C(F)(F)C(F)(F)F)Nc1ccccc1. The zero-order valence-electron chi connectivity index (χ0n) is 9.21. The van der Waals surface area contributed by atoms with Crippen LogP contribution in [0.1, 0.15) is 0 Å². The third-order valence-electron chi connectivity index (χ3n) is 1.99. The molecule has 0 bridgehead atoms. The van der Waals surface area contributed by atoms with E-state index in [9.17, 15) is 26.7 Å². The monoisotopic (exact) mass is 281 g/mol. The molecule has 0 saturated heterocycles. The van der Waals surface area contributed by atoms with E-state index in [1.807, 2.05) is 5.32 Å². The smallest absolute Gasteiger partial charge is 0.461 e. The molecule has 104 valence electrons. The van der Waals surface area contributed by atoms with Crippen LogP contribution in [-0.2, 0) is 4.79 Å². The molecule has 8 heteroatoms. The molecule has 0 fully saturated rings. The Labute approximate surface area is 104 Å². The first-order chi connectivity index (χ1) is 8.64. The second-order valence-corrected chi connectivity index (χ2v) is 3.46. The molecule has 1 amide bonds. The molecule has 1 rings (SSSR count). The number of anilines is 1. The van der Waals surface area contributed by atoms with Gasteiger partial charge < -0.3 is 10.4 Å². The van der Waals surface area contributed by atoms with Crippen molar-refractivity contribution in [3.63, 3.8) is 0 Å². The van der Waals surface area contributed by atoms with Crippen LogP contribution in [0.4, 0.5) is 27.6 Å². The van der Waals surface area contributed by atoms with Crippen molar-refractivity contribution in [1.82, 2.24) is 0 Å². The lowest BCUT2D eigenvalue weighted by Gasteiger charge is -2.18. The van der Waals surface area contributed by atoms with Gasteiger partial charge in [0.25, 0.3) is 5.91 Å². The van der Waals surface area contributed by atoms with Crippen molar-refractivity contribution in [1.29, 1.82) is 0 Å². The van der Waals surface area contributed by atoms with Gasteiger partial charge in [0.2, 0.25) is 0 Å². The van der Waals surface area contributed by atoms with E-state index in [1.165, 1.54) is 24.3 Å². The lowest BCUT2D eigenvalue weighted by atomic mass is 10.2. The van der Waals surface area contributed by atoms with Gasteiger partial charge in [-0.1, -0.05) is 18.2 Å². The molecule has 0 heterocycles. The van der Waals surface area contributed by atoms with E-state index in [1.54, 1.807) is 6.07 Å². The Hall–Kier alpha value is -2.12. The summed E-state index contributed by atoms with van der Waals surface area (Å²) in [6.07, 6.45) is -6.18. The molecule has 0 aromatic heterocycles. The lowest BCUT2D eigenvalue weighted by molar-refractivity contribution is -0.274. The summed E-state index contributed by atoms with van der Waals surface area (Å²) in [7, 11) is 0. The number of alkyl halides is 5. The van der Waals surface area contributed by atoms with Crippen LogP contribution < -0.4 is 5.32 Å². The van der Waals surface area contributed by atoms with Crippen molar-refractivity contribution < 1.29 is 31.9 Å². The number of amides is 1. The van der Waals surface area contributed by atoms with Crippen molar-refractivity contribution in [2.24, 2.45) is 0 Å². The first-order valence-corrected chi connectivity index (χ1v) is 4.86. The summed E-state index contributed by atoms with van der Waals surface area (Å²) in [4.78, 5) is 11.1. The van der Waals surface area contributed by atoms with Crippen molar-refractivity contribution >= 4 is 11.6 Å². The van der Waals surface area contributed by atoms with E-state index in [0.717, 1.165) is 0 Å². The van der Waals surface area contributed by atoms with Crippen molar-refractivity contribution in [2.75, 3.05) is 5.32 Å². The maximum absolute atomic E-state index is 12.6.